The Labute approximate surface area is 120 Å². The molecule has 0 spiro atoms. The molecular weight excluding hydrogens is 250 g/mol. The Balaban J connectivity index is 1.75. The number of rotatable bonds is 8. The monoisotopic (exact) mass is 271 g/mol. The smallest absolute Gasteiger partial charge is 0.162 e. The third-order valence-electron chi connectivity index (χ3n) is 3.38. The Bertz CT molecular complexity index is 505. The molecule has 0 bridgehead atoms. The number of furan rings is 1. The number of Topliss-reactive ketones (excluding diaryl/α,β-unsaturated/α-hetero) is 1. The van der Waals surface area contributed by atoms with Gasteiger partial charge in [0.2, 0.25) is 0 Å². The number of hydrogen-bond acceptors (Lipinski definition) is 3. The molecule has 3 heteroatoms. The van der Waals surface area contributed by atoms with Crippen molar-refractivity contribution in [1.82, 2.24) is 4.90 Å². The molecular formula is C17H21NO2. The van der Waals surface area contributed by atoms with E-state index in [1.807, 2.05) is 42.5 Å². The van der Waals surface area contributed by atoms with Crippen molar-refractivity contribution in [2.75, 3.05) is 13.1 Å². The van der Waals surface area contributed by atoms with Gasteiger partial charge in [-0.2, -0.15) is 0 Å². The summed E-state index contributed by atoms with van der Waals surface area (Å²) >= 11 is 0. The van der Waals surface area contributed by atoms with Crippen LogP contribution in [0.1, 0.15) is 35.9 Å². The number of carbonyl (C=O) groups is 1. The zero-order valence-electron chi connectivity index (χ0n) is 11.9. The molecule has 0 saturated carbocycles. The van der Waals surface area contributed by atoms with Gasteiger partial charge in [-0.1, -0.05) is 37.3 Å². The zero-order valence-corrected chi connectivity index (χ0v) is 11.9. The van der Waals surface area contributed by atoms with Crippen molar-refractivity contribution in [3.63, 3.8) is 0 Å². The fourth-order valence-corrected chi connectivity index (χ4v) is 2.20. The van der Waals surface area contributed by atoms with Crippen molar-refractivity contribution in [3.05, 3.63) is 60.1 Å². The minimum Gasteiger partial charge on any atom is -0.468 e. The van der Waals surface area contributed by atoms with Crippen LogP contribution in [-0.2, 0) is 6.54 Å². The molecule has 0 radical (unpaired) electrons. The summed E-state index contributed by atoms with van der Waals surface area (Å²) in [5, 5.41) is 0. The predicted octanol–water partition coefficient (Wildman–Crippen LogP) is 3.76. The average Bonchev–Trinajstić information content (AvgIpc) is 3.00. The lowest BCUT2D eigenvalue weighted by Crippen LogP contribution is -2.24. The molecule has 1 heterocycles. The van der Waals surface area contributed by atoms with Gasteiger partial charge in [-0.05, 0) is 31.6 Å². The summed E-state index contributed by atoms with van der Waals surface area (Å²) in [6, 6.07) is 13.4. The molecule has 0 atom stereocenters. The second-order valence-corrected chi connectivity index (χ2v) is 4.84. The number of hydrogen-bond donors (Lipinski definition) is 0. The summed E-state index contributed by atoms with van der Waals surface area (Å²) in [6.45, 7) is 4.81. The number of benzene rings is 1. The summed E-state index contributed by atoms with van der Waals surface area (Å²) in [4.78, 5) is 14.3. The maximum atomic E-state index is 12.0. The first-order chi connectivity index (χ1) is 9.79. The topological polar surface area (TPSA) is 33.5 Å². The summed E-state index contributed by atoms with van der Waals surface area (Å²) in [7, 11) is 0. The van der Waals surface area contributed by atoms with Gasteiger partial charge in [0.05, 0.1) is 12.8 Å². The lowest BCUT2D eigenvalue weighted by Gasteiger charge is -2.18. The van der Waals surface area contributed by atoms with Crippen molar-refractivity contribution in [2.24, 2.45) is 0 Å². The Morgan fingerprint density at radius 3 is 2.60 bits per heavy atom. The maximum Gasteiger partial charge on any atom is 0.162 e. The first-order valence-corrected chi connectivity index (χ1v) is 7.12. The van der Waals surface area contributed by atoms with Crippen molar-refractivity contribution in [1.29, 1.82) is 0 Å². The van der Waals surface area contributed by atoms with E-state index in [9.17, 15) is 4.79 Å². The molecule has 1 aromatic heterocycles. The second kappa shape index (κ2) is 7.65. The molecule has 0 fully saturated rings. The number of nitrogens with zero attached hydrogens (tertiary/aromatic N) is 1. The van der Waals surface area contributed by atoms with Crippen LogP contribution in [0.4, 0.5) is 0 Å². The van der Waals surface area contributed by atoms with Crippen molar-refractivity contribution in [3.8, 4) is 0 Å². The van der Waals surface area contributed by atoms with E-state index in [-0.39, 0.29) is 5.78 Å². The molecule has 0 aliphatic heterocycles. The SMILES string of the molecule is CCN(CCCC(=O)c1ccccc1)Cc1ccco1. The van der Waals surface area contributed by atoms with E-state index < -0.39 is 0 Å². The lowest BCUT2D eigenvalue weighted by molar-refractivity contribution is 0.0974. The van der Waals surface area contributed by atoms with Gasteiger partial charge in [-0.25, -0.2) is 0 Å². The molecule has 20 heavy (non-hydrogen) atoms. The van der Waals surface area contributed by atoms with Gasteiger partial charge < -0.3 is 4.42 Å². The summed E-state index contributed by atoms with van der Waals surface area (Å²) in [5.74, 6) is 1.20. The Hall–Kier alpha value is -1.87. The zero-order chi connectivity index (χ0) is 14.2. The fraction of sp³-hybridized carbons (Fsp3) is 0.353. The Kier molecular flexibility index (Phi) is 5.56. The van der Waals surface area contributed by atoms with Crippen LogP contribution in [0.15, 0.2) is 53.1 Å². The molecule has 2 aromatic rings. The van der Waals surface area contributed by atoms with Crippen molar-refractivity contribution >= 4 is 5.78 Å². The van der Waals surface area contributed by atoms with Gasteiger partial charge in [0.1, 0.15) is 5.76 Å². The molecule has 0 aliphatic rings. The van der Waals surface area contributed by atoms with Crippen LogP contribution < -0.4 is 0 Å². The van der Waals surface area contributed by atoms with Crippen LogP contribution in [0.2, 0.25) is 0 Å². The van der Waals surface area contributed by atoms with Crippen molar-refractivity contribution < 1.29 is 9.21 Å². The third-order valence-corrected chi connectivity index (χ3v) is 3.38. The van der Waals surface area contributed by atoms with Gasteiger partial charge in [-0.15, -0.1) is 0 Å². The van der Waals surface area contributed by atoms with Crippen LogP contribution in [0, 0.1) is 0 Å². The maximum absolute atomic E-state index is 12.0. The normalized spacial score (nSPS) is 10.9. The Morgan fingerprint density at radius 2 is 1.95 bits per heavy atom. The fourth-order valence-electron chi connectivity index (χ4n) is 2.20. The van der Waals surface area contributed by atoms with E-state index in [1.165, 1.54) is 0 Å². The van der Waals surface area contributed by atoms with E-state index in [4.69, 9.17) is 4.42 Å². The van der Waals surface area contributed by atoms with Crippen LogP contribution in [0.5, 0.6) is 0 Å². The quantitative estimate of drug-likeness (QED) is 0.685. The minimum absolute atomic E-state index is 0.222. The summed E-state index contributed by atoms with van der Waals surface area (Å²) < 4.78 is 5.35. The van der Waals surface area contributed by atoms with Gasteiger partial charge in [-0.3, -0.25) is 9.69 Å². The molecule has 2 rings (SSSR count). The van der Waals surface area contributed by atoms with Crippen LogP contribution in [-0.4, -0.2) is 23.8 Å². The largest absolute Gasteiger partial charge is 0.468 e. The summed E-state index contributed by atoms with van der Waals surface area (Å²) in [6.07, 6.45) is 3.17. The van der Waals surface area contributed by atoms with Gasteiger partial charge in [0.25, 0.3) is 0 Å². The standard InChI is InChI=1S/C17H21NO2/c1-2-18(14-16-10-7-13-20-16)12-6-11-17(19)15-8-4-3-5-9-15/h3-5,7-10,13H,2,6,11-12,14H2,1H3. The molecule has 0 N–H and O–H groups in total. The highest BCUT2D eigenvalue weighted by molar-refractivity contribution is 5.95. The van der Waals surface area contributed by atoms with Gasteiger partial charge in [0.15, 0.2) is 5.78 Å². The second-order valence-electron chi connectivity index (χ2n) is 4.84. The van der Waals surface area contributed by atoms with Crippen LogP contribution in [0.3, 0.4) is 0 Å². The third kappa shape index (κ3) is 4.35. The molecule has 3 nitrogen and oxygen atoms in total. The molecule has 0 saturated heterocycles. The van der Waals surface area contributed by atoms with E-state index in [0.717, 1.165) is 37.4 Å². The highest BCUT2D eigenvalue weighted by Gasteiger charge is 2.08. The highest BCUT2D eigenvalue weighted by Crippen LogP contribution is 2.09. The molecule has 0 amide bonds. The first kappa shape index (κ1) is 14.5. The van der Waals surface area contributed by atoms with Gasteiger partial charge in [0, 0.05) is 12.0 Å². The van der Waals surface area contributed by atoms with E-state index in [1.54, 1.807) is 6.26 Å². The minimum atomic E-state index is 0.222. The predicted molar refractivity (Wildman–Crippen MR) is 79.7 cm³/mol. The lowest BCUT2D eigenvalue weighted by atomic mass is 10.1. The van der Waals surface area contributed by atoms with Crippen LogP contribution >= 0.6 is 0 Å². The Morgan fingerprint density at radius 1 is 1.15 bits per heavy atom. The van der Waals surface area contributed by atoms with Crippen molar-refractivity contribution in [2.45, 2.75) is 26.3 Å². The van der Waals surface area contributed by atoms with Gasteiger partial charge >= 0.3 is 0 Å². The molecule has 0 unspecified atom stereocenters. The highest BCUT2D eigenvalue weighted by atomic mass is 16.3. The van der Waals surface area contributed by atoms with E-state index in [2.05, 4.69) is 11.8 Å². The molecule has 1 aromatic carbocycles. The number of carbonyl (C=O) groups excluding carboxylic acids is 1. The van der Waals surface area contributed by atoms with E-state index in [0.29, 0.717) is 6.42 Å². The van der Waals surface area contributed by atoms with E-state index >= 15 is 0 Å². The van der Waals surface area contributed by atoms with Crippen LogP contribution in [0.25, 0.3) is 0 Å². The number of ketones is 1. The first-order valence-electron chi connectivity index (χ1n) is 7.12. The average molecular weight is 271 g/mol. The molecule has 106 valence electrons. The molecule has 0 aliphatic carbocycles. The summed E-state index contributed by atoms with van der Waals surface area (Å²) in [5.41, 5.74) is 0.807.